The molecule has 2 aromatic rings. The fourth-order valence-electron chi connectivity index (χ4n) is 3.96. The molecule has 31 heavy (non-hydrogen) atoms. The van der Waals surface area contributed by atoms with Gasteiger partial charge in [0.05, 0.1) is 18.2 Å². The average molecular weight is 459 g/mol. The number of nitrogens with zero attached hydrogens (tertiary/aromatic N) is 2. The third kappa shape index (κ3) is 4.50. The van der Waals surface area contributed by atoms with Gasteiger partial charge in [-0.15, -0.1) is 11.3 Å². The summed E-state index contributed by atoms with van der Waals surface area (Å²) in [5.74, 6) is 0.318. The number of hydrogen-bond donors (Lipinski definition) is 2. The highest BCUT2D eigenvalue weighted by Crippen LogP contribution is 2.35. The van der Waals surface area contributed by atoms with Crippen LogP contribution in [0.3, 0.4) is 0 Å². The second-order valence-corrected chi connectivity index (χ2v) is 9.22. The smallest absolute Gasteiger partial charge is 0.320 e. The van der Waals surface area contributed by atoms with E-state index in [4.69, 9.17) is 11.6 Å². The van der Waals surface area contributed by atoms with Crippen molar-refractivity contribution in [1.82, 2.24) is 15.2 Å². The molecule has 9 heteroatoms. The Balaban J connectivity index is 1.40. The maximum atomic E-state index is 12.9. The lowest BCUT2D eigenvalue weighted by atomic mass is 10.1. The number of anilines is 1. The molecule has 1 fully saturated rings. The first-order valence-electron chi connectivity index (χ1n) is 10.1. The summed E-state index contributed by atoms with van der Waals surface area (Å²) in [6.45, 7) is 6.46. The Morgan fingerprint density at radius 1 is 1.39 bits per heavy atom. The highest BCUT2D eigenvalue weighted by atomic mass is 35.5. The van der Waals surface area contributed by atoms with Crippen LogP contribution in [0.15, 0.2) is 29.7 Å². The molecule has 0 bridgehead atoms. The van der Waals surface area contributed by atoms with Gasteiger partial charge in [-0.25, -0.2) is 9.78 Å². The van der Waals surface area contributed by atoms with Crippen molar-refractivity contribution < 1.29 is 14.4 Å². The summed E-state index contributed by atoms with van der Waals surface area (Å²) in [6.07, 6.45) is 2.70. The van der Waals surface area contributed by atoms with E-state index in [-0.39, 0.29) is 18.2 Å². The summed E-state index contributed by atoms with van der Waals surface area (Å²) in [6, 6.07) is 2.65. The molecule has 1 aliphatic heterocycles. The summed E-state index contributed by atoms with van der Waals surface area (Å²) >= 11 is 7.43. The number of fused-ring (bicyclic) bond motifs is 1. The SMILES string of the molecule is C=C1CCCC(N2Cc3c(csc3CNC(=O)Nc3ccc(C)c(Cl)n3)C2=O)C(=O)C1. The van der Waals surface area contributed by atoms with Gasteiger partial charge in [-0.3, -0.25) is 14.9 Å². The summed E-state index contributed by atoms with van der Waals surface area (Å²) in [4.78, 5) is 44.5. The van der Waals surface area contributed by atoms with Crippen molar-refractivity contribution in [2.24, 2.45) is 0 Å². The molecule has 2 N–H and O–H groups in total. The zero-order chi connectivity index (χ0) is 22.1. The summed E-state index contributed by atoms with van der Waals surface area (Å²) < 4.78 is 0. The highest BCUT2D eigenvalue weighted by Gasteiger charge is 2.38. The van der Waals surface area contributed by atoms with Gasteiger partial charge >= 0.3 is 6.03 Å². The second-order valence-electron chi connectivity index (χ2n) is 7.90. The first-order valence-corrected chi connectivity index (χ1v) is 11.4. The number of urea groups is 1. The number of hydrogen-bond acceptors (Lipinski definition) is 5. The van der Waals surface area contributed by atoms with Crippen LogP contribution in [-0.2, 0) is 17.9 Å². The van der Waals surface area contributed by atoms with Crippen LogP contribution in [-0.4, -0.2) is 33.6 Å². The summed E-state index contributed by atoms with van der Waals surface area (Å²) in [5, 5.41) is 7.61. The predicted octanol–water partition coefficient (Wildman–Crippen LogP) is 4.45. The number of carbonyl (C=O) groups excluding carboxylic acids is 3. The molecular formula is C22H23ClN4O3S. The largest absolute Gasteiger partial charge is 0.333 e. The number of amides is 3. The molecule has 0 radical (unpaired) electrons. The van der Waals surface area contributed by atoms with E-state index in [2.05, 4.69) is 22.2 Å². The van der Waals surface area contributed by atoms with Crippen molar-refractivity contribution in [2.75, 3.05) is 5.32 Å². The number of rotatable bonds is 4. The number of ketones is 1. The van der Waals surface area contributed by atoms with E-state index >= 15 is 0 Å². The van der Waals surface area contributed by atoms with Gasteiger partial charge in [-0.2, -0.15) is 0 Å². The summed E-state index contributed by atoms with van der Waals surface area (Å²) in [7, 11) is 0. The van der Waals surface area contributed by atoms with E-state index in [1.54, 1.807) is 17.0 Å². The van der Waals surface area contributed by atoms with Crippen LogP contribution < -0.4 is 10.6 Å². The Morgan fingerprint density at radius 2 is 2.19 bits per heavy atom. The maximum absolute atomic E-state index is 12.9. The number of carbonyl (C=O) groups is 3. The van der Waals surface area contributed by atoms with Gasteiger partial charge in [-0.1, -0.05) is 29.8 Å². The number of pyridine rings is 1. The zero-order valence-electron chi connectivity index (χ0n) is 17.2. The van der Waals surface area contributed by atoms with Crippen molar-refractivity contribution in [2.45, 2.75) is 51.7 Å². The maximum Gasteiger partial charge on any atom is 0.320 e. The molecule has 2 aliphatic rings. The number of halogens is 1. The monoisotopic (exact) mass is 458 g/mol. The molecule has 7 nitrogen and oxygen atoms in total. The molecule has 0 aromatic carbocycles. The molecular weight excluding hydrogens is 436 g/mol. The van der Waals surface area contributed by atoms with Gasteiger partial charge in [0.15, 0.2) is 5.78 Å². The third-order valence-electron chi connectivity index (χ3n) is 5.67. The molecule has 162 valence electrons. The molecule has 0 spiro atoms. The van der Waals surface area contributed by atoms with Gasteiger partial charge in [-0.05, 0) is 43.4 Å². The van der Waals surface area contributed by atoms with Crippen LogP contribution in [0, 0.1) is 6.92 Å². The Morgan fingerprint density at radius 3 is 2.97 bits per heavy atom. The molecule has 3 amide bonds. The Labute approximate surface area is 189 Å². The van der Waals surface area contributed by atoms with Crippen molar-refractivity contribution in [3.63, 3.8) is 0 Å². The molecule has 3 heterocycles. The number of Topliss-reactive ketones (excluding diaryl/α,β-unsaturated/α-hetero) is 1. The van der Waals surface area contributed by atoms with Crippen molar-refractivity contribution in [3.05, 3.63) is 56.4 Å². The van der Waals surface area contributed by atoms with Gasteiger partial charge < -0.3 is 10.2 Å². The fraction of sp³-hybridized carbons (Fsp3) is 0.364. The highest BCUT2D eigenvalue weighted by molar-refractivity contribution is 7.10. The first kappa shape index (κ1) is 21.5. The van der Waals surface area contributed by atoms with E-state index in [1.165, 1.54) is 11.3 Å². The van der Waals surface area contributed by atoms with Crippen LogP contribution >= 0.6 is 22.9 Å². The topological polar surface area (TPSA) is 91.4 Å². The molecule has 1 unspecified atom stereocenters. The quantitative estimate of drug-likeness (QED) is 0.402. The predicted molar refractivity (Wildman–Crippen MR) is 120 cm³/mol. The molecule has 4 rings (SSSR count). The van der Waals surface area contributed by atoms with Crippen LogP contribution in [0.5, 0.6) is 0 Å². The minimum atomic E-state index is -0.409. The molecule has 2 aromatic heterocycles. The lowest BCUT2D eigenvalue weighted by Gasteiger charge is -2.25. The zero-order valence-corrected chi connectivity index (χ0v) is 18.7. The van der Waals surface area contributed by atoms with Crippen LogP contribution in [0.4, 0.5) is 10.6 Å². The van der Waals surface area contributed by atoms with E-state index < -0.39 is 12.1 Å². The van der Waals surface area contributed by atoms with E-state index in [9.17, 15) is 14.4 Å². The number of nitrogens with one attached hydrogen (secondary N) is 2. The number of aryl methyl sites for hydroxylation is 1. The van der Waals surface area contributed by atoms with Crippen molar-refractivity contribution >= 4 is 46.5 Å². The second kappa shape index (κ2) is 8.80. The Kier molecular flexibility index (Phi) is 6.11. The minimum absolute atomic E-state index is 0.0630. The normalized spacial score (nSPS) is 18.7. The lowest BCUT2D eigenvalue weighted by Crippen LogP contribution is -2.40. The number of aromatic nitrogens is 1. The van der Waals surface area contributed by atoms with E-state index in [0.717, 1.165) is 34.4 Å². The molecule has 1 aliphatic carbocycles. The molecule has 1 atom stereocenters. The number of allylic oxidation sites excluding steroid dienone is 1. The Hall–Kier alpha value is -2.71. The van der Waals surface area contributed by atoms with Crippen LogP contribution in [0.1, 0.15) is 52.0 Å². The molecule has 0 saturated heterocycles. The average Bonchev–Trinajstić information content (AvgIpc) is 3.21. The van der Waals surface area contributed by atoms with Crippen LogP contribution in [0.25, 0.3) is 0 Å². The van der Waals surface area contributed by atoms with Crippen molar-refractivity contribution in [1.29, 1.82) is 0 Å². The summed E-state index contributed by atoms with van der Waals surface area (Å²) in [5.41, 5.74) is 3.29. The van der Waals surface area contributed by atoms with Gasteiger partial charge in [0.2, 0.25) is 0 Å². The fourth-order valence-corrected chi connectivity index (χ4v) is 5.09. The van der Waals surface area contributed by atoms with Gasteiger partial charge in [0, 0.05) is 23.2 Å². The van der Waals surface area contributed by atoms with Gasteiger partial charge in [0.25, 0.3) is 5.91 Å². The first-order chi connectivity index (χ1) is 14.8. The van der Waals surface area contributed by atoms with Gasteiger partial charge in [0.1, 0.15) is 11.0 Å². The lowest BCUT2D eigenvalue weighted by molar-refractivity contribution is -0.122. The van der Waals surface area contributed by atoms with Crippen LogP contribution in [0.2, 0.25) is 5.15 Å². The standard InChI is InChI=1S/C22H23ClN4O3S/c1-12-4-3-5-16(17(28)8-12)27-10-14-15(21(27)29)11-31-18(14)9-24-22(30)26-19-7-6-13(2)20(23)25-19/h6-7,11,16H,1,3-5,8-10H2,2H3,(H2,24,25,26,30). The third-order valence-corrected chi connectivity index (χ3v) is 7.08. The van der Waals surface area contributed by atoms with Crippen molar-refractivity contribution in [3.8, 4) is 0 Å². The van der Waals surface area contributed by atoms with E-state index in [1.807, 2.05) is 12.3 Å². The molecule has 1 saturated carbocycles. The Bertz CT molecular complexity index is 1080. The minimum Gasteiger partial charge on any atom is -0.333 e. The van der Waals surface area contributed by atoms with E-state index in [0.29, 0.717) is 35.9 Å². The number of thiophene rings is 1.